The normalized spacial score (nSPS) is 24.8. The average molecular weight is 272 g/mol. The lowest BCUT2D eigenvalue weighted by Crippen LogP contribution is -2.41. The van der Waals surface area contributed by atoms with Crippen LogP contribution in [0.15, 0.2) is 0 Å². The van der Waals surface area contributed by atoms with E-state index in [2.05, 4.69) is 17.6 Å². The van der Waals surface area contributed by atoms with Crippen molar-refractivity contribution in [1.82, 2.24) is 10.6 Å². The molecule has 0 aromatic heterocycles. The molecule has 112 valence electrons. The first-order chi connectivity index (χ1) is 9.11. The third kappa shape index (κ3) is 7.38. The first-order valence-corrected chi connectivity index (χ1v) is 7.30. The Hall–Kier alpha value is -0.810. The van der Waals surface area contributed by atoms with E-state index in [4.69, 9.17) is 4.74 Å². The lowest BCUT2D eigenvalue weighted by atomic mass is 9.81. The van der Waals surface area contributed by atoms with Crippen LogP contribution in [-0.2, 0) is 4.74 Å². The van der Waals surface area contributed by atoms with E-state index >= 15 is 0 Å². The van der Waals surface area contributed by atoms with Gasteiger partial charge >= 0.3 is 6.03 Å². The van der Waals surface area contributed by atoms with Gasteiger partial charge in [-0.1, -0.05) is 26.2 Å². The summed E-state index contributed by atoms with van der Waals surface area (Å²) in [5, 5.41) is 14.9. The minimum Gasteiger partial charge on any atom is -0.389 e. The number of amides is 2. The van der Waals surface area contributed by atoms with Gasteiger partial charge in [0.15, 0.2) is 0 Å². The van der Waals surface area contributed by atoms with E-state index in [1.807, 2.05) is 0 Å². The molecule has 19 heavy (non-hydrogen) atoms. The fourth-order valence-corrected chi connectivity index (χ4v) is 2.74. The SMILES string of the molecule is COCC(O)CNC(=O)NCCC1CCCC(C)C1. The van der Waals surface area contributed by atoms with Gasteiger partial charge in [0, 0.05) is 20.2 Å². The van der Waals surface area contributed by atoms with E-state index in [1.165, 1.54) is 32.8 Å². The van der Waals surface area contributed by atoms with Crippen LogP contribution in [0.5, 0.6) is 0 Å². The van der Waals surface area contributed by atoms with E-state index in [0.717, 1.165) is 18.3 Å². The molecule has 3 atom stereocenters. The summed E-state index contributed by atoms with van der Waals surface area (Å²) in [5.41, 5.74) is 0. The molecule has 0 saturated heterocycles. The predicted molar refractivity (Wildman–Crippen MR) is 75.0 cm³/mol. The highest BCUT2D eigenvalue weighted by Crippen LogP contribution is 2.30. The number of hydrogen-bond donors (Lipinski definition) is 3. The first kappa shape index (κ1) is 16.2. The molecule has 0 radical (unpaired) electrons. The van der Waals surface area contributed by atoms with Gasteiger partial charge in [-0.2, -0.15) is 0 Å². The molecule has 0 spiro atoms. The third-order valence-corrected chi connectivity index (χ3v) is 3.74. The molecule has 3 N–H and O–H groups in total. The van der Waals surface area contributed by atoms with Crippen LogP contribution in [0.4, 0.5) is 4.79 Å². The average Bonchev–Trinajstić information content (AvgIpc) is 2.37. The molecule has 1 fully saturated rings. The van der Waals surface area contributed by atoms with E-state index < -0.39 is 6.10 Å². The first-order valence-electron chi connectivity index (χ1n) is 7.30. The number of carbonyl (C=O) groups excluding carboxylic acids is 1. The molecule has 3 unspecified atom stereocenters. The summed E-state index contributed by atoms with van der Waals surface area (Å²) in [7, 11) is 1.52. The van der Waals surface area contributed by atoms with Gasteiger partial charge in [-0.25, -0.2) is 4.79 Å². The molecule has 0 aliphatic heterocycles. The van der Waals surface area contributed by atoms with E-state index in [1.54, 1.807) is 0 Å². The summed E-state index contributed by atoms with van der Waals surface area (Å²) in [6, 6.07) is -0.209. The van der Waals surface area contributed by atoms with Gasteiger partial charge in [-0.05, 0) is 24.7 Å². The molecule has 1 aliphatic carbocycles. The van der Waals surface area contributed by atoms with Crippen LogP contribution in [0.25, 0.3) is 0 Å². The fraction of sp³-hybridized carbons (Fsp3) is 0.929. The van der Waals surface area contributed by atoms with Crippen molar-refractivity contribution in [2.75, 3.05) is 26.8 Å². The molecule has 0 heterocycles. The molecule has 0 aromatic carbocycles. The zero-order valence-electron chi connectivity index (χ0n) is 12.2. The van der Waals surface area contributed by atoms with Crippen LogP contribution < -0.4 is 10.6 Å². The van der Waals surface area contributed by atoms with Gasteiger partial charge in [0.2, 0.25) is 0 Å². The number of carbonyl (C=O) groups is 1. The third-order valence-electron chi connectivity index (χ3n) is 3.74. The van der Waals surface area contributed by atoms with E-state index in [0.29, 0.717) is 6.54 Å². The van der Waals surface area contributed by atoms with Gasteiger partial charge in [-0.3, -0.25) is 0 Å². The second-order valence-corrected chi connectivity index (χ2v) is 5.67. The quantitative estimate of drug-likeness (QED) is 0.658. The number of ether oxygens (including phenoxy) is 1. The van der Waals surface area contributed by atoms with Gasteiger partial charge in [-0.15, -0.1) is 0 Å². The Morgan fingerprint density at radius 3 is 2.89 bits per heavy atom. The molecular formula is C14H28N2O3. The molecule has 0 aromatic rings. The van der Waals surface area contributed by atoms with Crippen molar-refractivity contribution in [2.24, 2.45) is 11.8 Å². The summed E-state index contributed by atoms with van der Waals surface area (Å²) in [6.07, 6.45) is 5.66. The monoisotopic (exact) mass is 272 g/mol. The predicted octanol–water partition coefficient (Wildman–Crippen LogP) is 1.51. The Balaban J connectivity index is 2.03. The van der Waals surface area contributed by atoms with Gasteiger partial charge in [0.25, 0.3) is 0 Å². The summed E-state index contributed by atoms with van der Waals surface area (Å²) in [5.74, 6) is 1.58. The van der Waals surface area contributed by atoms with Crippen LogP contribution in [-0.4, -0.2) is 44.0 Å². The molecule has 0 bridgehead atoms. The maximum absolute atomic E-state index is 11.5. The van der Waals surface area contributed by atoms with Crippen LogP contribution >= 0.6 is 0 Å². The number of aliphatic hydroxyl groups excluding tert-OH is 1. The smallest absolute Gasteiger partial charge is 0.314 e. The van der Waals surface area contributed by atoms with Crippen molar-refractivity contribution in [3.05, 3.63) is 0 Å². The Morgan fingerprint density at radius 2 is 2.21 bits per heavy atom. The minimum absolute atomic E-state index is 0.209. The Labute approximate surface area is 116 Å². The van der Waals surface area contributed by atoms with Crippen molar-refractivity contribution in [1.29, 1.82) is 0 Å². The van der Waals surface area contributed by atoms with Crippen molar-refractivity contribution in [3.63, 3.8) is 0 Å². The van der Waals surface area contributed by atoms with E-state index in [-0.39, 0.29) is 19.2 Å². The lowest BCUT2D eigenvalue weighted by Gasteiger charge is -2.26. The van der Waals surface area contributed by atoms with Crippen molar-refractivity contribution < 1.29 is 14.6 Å². The zero-order chi connectivity index (χ0) is 14.1. The standard InChI is InChI=1S/C14H28N2O3/c1-11-4-3-5-12(8-11)6-7-15-14(18)16-9-13(17)10-19-2/h11-13,17H,3-10H2,1-2H3,(H2,15,16,18). The molecule has 1 aliphatic rings. The second-order valence-electron chi connectivity index (χ2n) is 5.67. The Morgan fingerprint density at radius 1 is 1.42 bits per heavy atom. The van der Waals surface area contributed by atoms with Crippen LogP contribution in [0, 0.1) is 11.8 Å². The highest BCUT2D eigenvalue weighted by Gasteiger charge is 2.18. The Bertz CT molecular complexity index is 261. The maximum atomic E-state index is 11.5. The largest absolute Gasteiger partial charge is 0.389 e. The minimum atomic E-state index is -0.644. The fourth-order valence-electron chi connectivity index (χ4n) is 2.74. The Kier molecular flexibility index (Phi) is 7.82. The number of methoxy groups -OCH3 is 1. The molecule has 2 amide bonds. The summed E-state index contributed by atoms with van der Waals surface area (Å²) >= 11 is 0. The van der Waals surface area contributed by atoms with Crippen molar-refractivity contribution >= 4 is 6.03 Å². The van der Waals surface area contributed by atoms with Crippen LogP contribution in [0.3, 0.4) is 0 Å². The number of aliphatic hydroxyl groups is 1. The highest BCUT2D eigenvalue weighted by atomic mass is 16.5. The topological polar surface area (TPSA) is 70.6 Å². The lowest BCUT2D eigenvalue weighted by molar-refractivity contribution is 0.0659. The van der Waals surface area contributed by atoms with E-state index in [9.17, 15) is 9.90 Å². The molecular weight excluding hydrogens is 244 g/mol. The number of nitrogens with one attached hydrogen (secondary N) is 2. The van der Waals surface area contributed by atoms with Crippen LogP contribution in [0.2, 0.25) is 0 Å². The van der Waals surface area contributed by atoms with Gasteiger partial charge in [0.1, 0.15) is 0 Å². The van der Waals surface area contributed by atoms with Gasteiger partial charge in [0.05, 0.1) is 12.7 Å². The summed E-state index contributed by atoms with van der Waals surface area (Å²) < 4.78 is 4.78. The van der Waals surface area contributed by atoms with Crippen molar-refractivity contribution in [2.45, 2.75) is 45.1 Å². The summed E-state index contributed by atoms with van der Waals surface area (Å²) in [6.45, 7) is 3.48. The molecule has 5 nitrogen and oxygen atoms in total. The van der Waals surface area contributed by atoms with Gasteiger partial charge < -0.3 is 20.5 Å². The number of urea groups is 1. The second kappa shape index (κ2) is 9.15. The zero-order valence-corrected chi connectivity index (χ0v) is 12.2. The van der Waals surface area contributed by atoms with Crippen LogP contribution in [0.1, 0.15) is 39.0 Å². The number of rotatable bonds is 7. The molecule has 5 heteroatoms. The highest BCUT2D eigenvalue weighted by molar-refractivity contribution is 5.73. The maximum Gasteiger partial charge on any atom is 0.314 e. The summed E-state index contributed by atoms with van der Waals surface area (Å²) in [4.78, 5) is 11.5. The number of hydrogen-bond acceptors (Lipinski definition) is 3. The molecule has 1 saturated carbocycles. The molecule has 1 rings (SSSR count). The van der Waals surface area contributed by atoms with Crippen molar-refractivity contribution in [3.8, 4) is 0 Å².